The first-order valence-electron chi connectivity index (χ1n) is 7.66. The molecule has 3 heteroatoms. The molecule has 0 spiro atoms. The van der Waals surface area contributed by atoms with Crippen LogP contribution in [-0.4, -0.2) is 30.6 Å². The number of rotatable bonds is 6. The van der Waals surface area contributed by atoms with Gasteiger partial charge < -0.3 is 5.32 Å². The van der Waals surface area contributed by atoms with Gasteiger partial charge in [-0.25, -0.2) is 0 Å². The van der Waals surface area contributed by atoms with Crippen LogP contribution in [0.3, 0.4) is 0 Å². The van der Waals surface area contributed by atoms with Gasteiger partial charge in [0.05, 0.1) is 6.04 Å². The summed E-state index contributed by atoms with van der Waals surface area (Å²) >= 11 is 1.95. The fourth-order valence-corrected chi connectivity index (χ4v) is 4.83. The highest BCUT2D eigenvalue weighted by atomic mass is 32.1. The van der Waals surface area contributed by atoms with Gasteiger partial charge in [-0.1, -0.05) is 13.8 Å². The summed E-state index contributed by atoms with van der Waals surface area (Å²) < 4.78 is 0. The van der Waals surface area contributed by atoms with Crippen molar-refractivity contribution in [3.8, 4) is 0 Å². The van der Waals surface area contributed by atoms with E-state index >= 15 is 0 Å². The van der Waals surface area contributed by atoms with Crippen molar-refractivity contribution in [1.29, 1.82) is 0 Å². The summed E-state index contributed by atoms with van der Waals surface area (Å²) in [5, 5.41) is 3.62. The Hall–Kier alpha value is -0.380. The Morgan fingerprint density at radius 1 is 1.26 bits per heavy atom. The zero-order valence-corrected chi connectivity index (χ0v) is 13.6. The Balaban J connectivity index is 2.34. The third kappa shape index (κ3) is 2.74. The molecule has 0 saturated carbocycles. The fraction of sp³-hybridized carbons (Fsp3) is 0.750. The zero-order chi connectivity index (χ0) is 13.9. The topological polar surface area (TPSA) is 15.3 Å². The van der Waals surface area contributed by atoms with E-state index in [9.17, 15) is 0 Å². The Kier molecular flexibility index (Phi) is 5.04. The number of nitrogens with zero attached hydrogens (tertiary/aromatic N) is 1. The molecular weight excluding hydrogens is 252 g/mol. The van der Waals surface area contributed by atoms with Crippen LogP contribution < -0.4 is 5.32 Å². The highest BCUT2D eigenvalue weighted by Crippen LogP contribution is 2.41. The maximum atomic E-state index is 3.62. The van der Waals surface area contributed by atoms with Crippen molar-refractivity contribution in [2.75, 3.05) is 20.1 Å². The van der Waals surface area contributed by atoms with Crippen LogP contribution >= 0.6 is 11.3 Å². The number of aryl methyl sites for hydroxylation is 1. The quantitative estimate of drug-likeness (QED) is 0.848. The number of hydrogen-bond donors (Lipinski definition) is 1. The van der Waals surface area contributed by atoms with E-state index in [2.05, 4.69) is 50.2 Å². The van der Waals surface area contributed by atoms with Crippen LogP contribution in [0.15, 0.2) is 12.1 Å². The molecule has 0 aromatic carbocycles. The first-order valence-corrected chi connectivity index (χ1v) is 8.48. The molecule has 0 amide bonds. The standard InChI is InChI=1S/C16H28N2S/c1-5-16(6-2,18-11-7-8-12-18)15(17-4)14-10-9-13(3)19-14/h9-10,15,17H,5-8,11-12H2,1-4H3. The van der Waals surface area contributed by atoms with Gasteiger partial charge in [-0.3, -0.25) is 4.90 Å². The molecule has 0 radical (unpaired) electrons. The Morgan fingerprint density at radius 2 is 1.89 bits per heavy atom. The molecule has 1 aromatic rings. The molecule has 1 fully saturated rings. The molecule has 1 atom stereocenters. The van der Waals surface area contributed by atoms with Gasteiger partial charge in [-0.2, -0.15) is 0 Å². The van der Waals surface area contributed by atoms with E-state index in [4.69, 9.17) is 0 Å². The van der Waals surface area contributed by atoms with Gasteiger partial charge in [0.1, 0.15) is 0 Å². The van der Waals surface area contributed by atoms with Crippen LogP contribution in [0.4, 0.5) is 0 Å². The summed E-state index contributed by atoms with van der Waals surface area (Å²) in [7, 11) is 2.12. The average Bonchev–Trinajstić information content (AvgIpc) is 3.07. The second-order valence-corrected chi connectivity index (χ2v) is 6.99. The molecule has 2 heterocycles. The molecule has 19 heavy (non-hydrogen) atoms. The highest BCUT2D eigenvalue weighted by Gasteiger charge is 2.42. The summed E-state index contributed by atoms with van der Waals surface area (Å²) in [5.74, 6) is 0. The molecule has 108 valence electrons. The van der Waals surface area contributed by atoms with E-state index in [-0.39, 0.29) is 5.54 Å². The molecule has 1 saturated heterocycles. The minimum atomic E-state index is 0.280. The monoisotopic (exact) mass is 280 g/mol. The van der Waals surface area contributed by atoms with Gasteiger partial charge >= 0.3 is 0 Å². The minimum absolute atomic E-state index is 0.280. The lowest BCUT2D eigenvalue weighted by Gasteiger charge is -2.46. The third-order valence-electron chi connectivity index (χ3n) is 4.83. The van der Waals surface area contributed by atoms with Crippen LogP contribution in [-0.2, 0) is 0 Å². The molecule has 0 aliphatic carbocycles. The smallest absolute Gasteiger partial charge is 0.0599 e. The van der Waals surface area contributed by atoms with Gasteiger partial charge in [-0.05, 0) is 64.9 Å². The van der Waals surface area contributed by atoms with Crippen molar-refractivity contribution in [2.45, 2.75) is 58.0 Å². The lowest BCUT2D eigenvalue weighted by atomic mass is 9.82. The van der Waals surface area contributed by atoms with E-state index in [1.165, 1.54) is 48.5 Å². The van der Waals surface area contributed by atoms with E-state index < -0.39 is 0 Å². The van der Waals surface area contributed by atoms with Crippen molar-refractivity contribution in [2.24, 2.45) is 0 Å². The van der Waals surface area contributed by atoms with Gasteiger partial charge in [-0.15, -0.1) is 11.3 Å². The van der Waals surface area contributed by atoms with Gasteiger partial charge in [0.25, 0.3) is 0 Å². The van der Waals surface area contributed by atoms with Crippen molar-refractivity contribution in [1.82, 2.24) is 10.2 Å². The van der Waals surface area contributed by atoms with Gasteiger partial charge in [0.15, 0.2) is 0 Å². The van der Waals surface area contributed by atoms with Crippen LogP contribution in [0, 0.1) is 6.92 Å². The maximum Gasteiger partial charge on any atom is 0.0599 e. The second-order valence-electron chi connectivity index (χ2n) is 5.67. The molecule has 0 bridgehead atoms. The van der Waals surface area contributed by atoms with Crippen LogP contribution in [0.25, 0.3) is 0 Å². The van der Waals surface area contributed by atoms with E-state index in [0.717, 1.165) is 0 Å². The van der Waals surface area contributed by atoms with Crippen LogP contribution in [0.5, 0.6) is 0 Å². The number of thiophene rings is 1. The van der Waals surface area contributed by atoms with Gasteiger partial charge in [0, 0.05) is 15.3 Å². The Morgan fingerprint density at radius 3 is 2.32 bits per heavy atom. The summed E-state index contributed by atoms with van der Waals surface area (Å²) in [6, 6.07) is 5.03. The molecule has 1 aliphatic heterocycles. The Labute approximate surface area is 122 Å². The van der Waals surface area contributed by atoms with Crippen molar-refractivity contribution < 1.29 is 0 Å². The summed E-state index contributed by atoms with van der Waals surface area (Å²) in [6.07, 6.45) is 5.15. The predicted molar refractivity (Wildman–Crippen MR) is 85.0 cm³/mol. The molecule has 2 nitrogen and oxygen atoms in total. The molecule has 1 aromatic heterocycles. The second kappa shape index (κ2) is 6.38. The lowest BCUT2D eigenvalue weighted by Crippen LogP contribution is -2.54. The summed E-state index contributed by atoms with van der Waals surface area (Å²) in [4.78, 5) is 5.65. The Bertz CT molecular complexity index is 389. The van der Waals surface area contributed by atoms with Crippen LogP contribution in [0.2, 0.25) is 0 Å². The molecule has 2 rings (SSSR count). The van der Waals surface area contributed by atoms with Crippen molar-refractivity contribution in [3.05, 3.63) is 21.9 Å². The predicted octanol–water partition coefficient (Wildman–Crippen LogP) is 3.97. The average molecular weight is 280 g/mol. The minimum Gasteiger partial charge on any atom is -0.311 e. The van der Waals surface area contributed by atoms with Crippen LogP contribution in [0.1, 0.15) is 55.3 Å². The molecule has 1 N–H and O–H groups in total. The zero-order valence-electron chi connectivity index (χ0n) is 12.8. The largest absolute Gasteiger partial charge is 0.311 e. The molecule has 1 aliphatic rings. The first-order chi connectivity index (χ1) is 9.17. The third-order valence-corrected chi connectivity index (χ3v) is 5.90. The number of nitrogens with one attached hydrogen (secondary N) is 1. The number of likely N-dealkylation sites (N-methyl/N-ethyl adjacent to an activating group) is 1. The van der Waals surface area contributed by atoms with E-state index in [0.29, 0.717) is 6.04 Å². The number of hydrogen-bond acceptors (Lipinski definition) is 3. The van der Waals surface area contributed by atoms with E-state index in [1.54, 1.807) is 0 Å². The normalized spacial score (nSPS) is 18.9. The summed E-state index contributed by atoms with van der Waals surface area (Å²) in [6.45, 7) is 9.45. The van der Waals surface area contributed by atoms with E-state index in [1.807, 2.05) is 11.3 Å². The fourth-order valence-electron chi connectivity index (χ4n) is 3.73. The highest BCUT2D eigenvalue weighted by molar-refractivity contribution is 7.12. The first kappa shape index (κ1) is 15.0. The summed E-state index contributed by atoms with van der Waals surface area (Å²) in [5.41, 5.74) is 0.280. The SMILES string of the molecule is CCC(CC)(C(NC)c1ccc(C)s1)N1CCCC1. The molecular formula is C16H28N2S. The maximum absolute atomic E-state index is 3.62. The molecule has 1 unspecified atom stereocenters. The van der Waals surface area contributed by atoms with Gasteiger partial charge in [0.2, 0.25) is 0 Å². The number of likely N-dealkylation sites (tertiary alicyclic amines) is 1. The lowest BCUT2D eigenvalue weighted by molar-refractivity contribution is 0.0660. The van der Waals surface area contributed by atoms with Crippen molar-refractivity contribution >= 4 is 11.3 Å². The van der Waals surface area contributed by atoms with Crippen molar-refractivity contribution in [3.63, 3.8) is 0 Å².